The fourth-order valence-corrected chi connectivity index (χ4v) is 2.20. The van der Waals surface area contributed by atoms with Crippen molar-refractivity contribution in [3.8, 4) is 0 Å². The molecule has 0 fully saturated rings. The lowest BCUT2D eigenvalue weighted by atomic mass is 10.0. The lowest BCUT2D eigenvalue weighted by molar-refractivity contribution is -0.385. The van der Waals surface area contributed by atoms with Crippen molar-refractivity contribution < 1.29 is 4.92 Å². The summed E-state index contributed by atoms with van der Waals surface area (Å²) in [6, 6.07) is 5.42. The van der Waals surface area contributed by atoms with Gasteiger partial charge < -0.3 is 5.32 Å². The lowest BCUT2D eigenvalue weighted by Gasteiger charge is -2.14. The summed E-state index contributed by atoms with van der Waals surface area (Å²) in [4.78, 5) is 10.6. The quantitative estimate of drug-likeness (QED) is 0.655. The normalized spacial score (nSPS) is 12.3. The van der Waals surface area contributed by atoms with Gasteiger partial charge in [0.05, 0.1) is 17.7 Å². The van der Waals surface area contributed by atoms with E-state index < -0.39 is 0 Å². The van der Waals surface area contributed by atoms with Crippen molar-refractivity contribution in [2.45, 2.75) is 33.4 Å². The van der Waals surface area contributed by atoms with Gasteiger partial charge in [-0.05, 0) is 31.9 Å². The highest BCUT2D eigenvalue weighted by Crippen LogP contribution is 2.23. The van der Waals surface area contributed by atoms with Crippen molar-refractivity contribution >= 4 is 5.69 Å². The Bertz CT molecular complexity index is 636. The first-order chi connectivity index (χ1) is 9.97. The third-order valence-corrected chi connectivity index (χ3v) is 3.48. The fourth-order valence-electron chi connectivity index (χ4n) is 2.20. The van der Waals surface area contributed by atoms with Crippen LogP contribution in [0.2, 0.25) is 0 Å². The second-order valence-corrected chi connectivity index (χ2v) is 5.26. The maximum absolute atomic E-state index is 11.0. The summed E-state index contributed by atoms with van der Waals surface area (Å²) in [5, 5.41) is 18.6. The van der Waals surface area contributed by atoms with Crippen LogP contribution in [0.3, 0.4) is 0 Å². The molecule has 0 saturated heterocycles. The zero-order chi connectivity index (χ0) is 15.4. The van der Waals surface area contributed by atoms with E-state index in [-0.39, 0.29) is 16.7 Å². The average molecular weight is 288 g/mol. The molecule has 1 aromatic carbocycles. The Hall–Kier alpha value is -2.21. The molecule has 1 heterocycles. The highest BCUT2D eigenvalue weighted by atomic mass is 16.6. The second kappa shape index (κ2) is 6.49. The first kappa shape index (κ1) is 15.2. The third-order valence-electron chi connectivity index (χ3n) is 3.48. The van der Waals surface area contributed by atoms with Crippen molar-refractivity contribution in [1.29, 1.82) is 0 Å². The predicted molar refractivity (Wildman–Crippen MR) is 81.2 cm³/mol. The van der Waals surface area contributed by atoms with Crippen molar-refractivity contribution in [2.75, 3.05) is 6.54 Å². The molecule has 1 aromatic heterocycles. The number of nitrogens with zero attached hydrogens (tertiary/aromatic N) is 3. The van der Waals surface area contributed by atoms with E-state index in [1.54, 1.807) is 19.1 Å². The average Bonchev–Trinajstić information content (AvgIpc) is 2.84. The molecule has 1 N–H and O–H groups in total. The molecule has 0 aliphatic heterocycles. The van der Waals surface area contributed by atoms with Gasteiger partial charge in [0.15, 0.2) is 0 Å². The van der Waals surface area contributed by atoms with Crippen LogP contribution in [0.4, 0.5) is 5.69 Å². The van der Waals surface area contributed by atoms with Gasteiger partial charge in [-0.25, -0.2) is 0 Å². The number of benzene rings is 1. The summed E-state index contributed by atoms with van der Waals surface area (Å²) in [5.41, 5.74) is 2.91. The molecule has 1 unspecified atom stereocenters. The van der Waals surface area contributed by atoms with E-state index in [1.165, 1.54) is 0 Å². The SMILES string of the molecule is Cc1cnn(CCNC(C)c2ccc(C)c([N+](=O)[O-])c2)c1. The number of rotatable bonds is 6. The number of nitro benzene ring substituents is 1. The Morgan fingerprint density at radius 2 is 2.19 bits per heavy atom. The Kier molecular flexibility index (Phi) is 4.70. The summed E-state index contributed by atoms with van der Waals surface area (Å²) in [7, 11) is 0. The zero-order valence-corrected chi connectivity index (χ0v) is 12.5. The summed E-state index contributed by atoms with van der Waals surface area (Å²) < 4.78 is 1.88. The van der Waals surface area contributed by atoms with Crippen molar-refractivity contribution in [3.63, 3.8) is 0 Å². The Balaban J connectivity index is 1.95. The van der Waals surface area contributed by atoms with E-state index in [2.05, 4.69) is 10.4 Å². The molecule has 0 spiro atoms. The minimum absolute atomic E-state index is 0.0564. The van der Waals surface area contributed by atoms with E-state index >= 15 is 0 Å². The molecule has 0 saturated carbocycles. The number of hydrogen-bond donors (Lipinski definition) is 1. The van der Waals surface area contributed by atoms with E-state index in [0.717, 1.165) is 24.2 Å². The minimum atomic E-state index is -0.335. The molecule has 6 heteroatoms. The number of nitrogens with one attached hydrogen (secondary N) is 1. The zero-order valence-electron chi connectivity index (χ0n) is 12.5. The summed E-state index contributed by atoms with van der Waals surface area (Å²) in [5.74, 6) is 0. The van der Waals surface area contributed by atoms with Gasteiger partial charge in [0, 0.05) is 30.4 Å². The Morgan fingerprint density at radius 3 is 2.81 bits per heavy atom. The van der Waals surface area contributed by atoms with Crippen LogP contribution in [0.25, 0.3) is 0 Å². The second-order valence-electron chi connectivity index (χ2n) is 5.26. The number of aryl methyl sites for hydroxylation is 2. The van der Waals surface area contributed by atoms with Gasteiger partial charge in [-0.1, -0.05) is 12.1 Å². The van der Waals surface area contributed by atoms with Gasteiger partial charge in [-0.15, -0.1) is 0 Å². The first-order valence-corrected chi connectivity index (χ1v) is 6.95. The van der Waals surface area contributed by atoms with Crippen LogP contribution in [-0.4, -0.2) is 21.2 Å². The van der Waals surface area contributed by atoms with Gasteiger partial charge in [0.25, 0.3) is 5.69 Å². The largest absolute Gasteiger partial charge is 0.308 e. The highest BCUT2D eigenvalue weighted by molar-refractivity contribution is 5.43. The smallest absolute Gasteiger partial charge is 0.272 e. The summed E-state index contributed by atoms with van der Waals surface area (Å²) in [6.45, 7) is 7.28. The molecule has 2 aromatic rings. The molecule has 2 rings (SSSR count). The topological polar surface area (TPSA) is 73.0 Å². The molecule has 0 bridgehead atoms. The number of aromatic nitrogens is 2. The monoisotopic (exact) mass is 288 g/mol. The van der Waals surface area contributed by atoms with Gasteiger partial charge in [-0.2, -0.15) is 5.10 Å². The Morgan fingerprint density at radius 1 is 1.43 bits per heavy atom. The van der Waals surface area contributed by atoms with Crippen LogP contribution in [0.15, 0.2) is 30.6 Å². The minimum Gasteiger partial charge on any atom is -0.308 e. The van der Waals surface area contributed by atoms with E-state index in [0.29, 0.717) is 5.56 Å². The molecule has 0 amide bonds. The van der Waals surface area contributed by atoms with Gasteiger partial charge in [-0.3, -0.25) is 14.8 Å². The molecular formula is C15H20N4O2. The standard InChI is InChI=1S/C15H20N4O2/c1-11-9-17-18(10-11)7-6-16-13(3)14-5-4-12(2)15(8-14)19(20)21/h4-5,8-10,13,16H,6-7H2,1-3H3. The van der Waals surface area contributed by atoms with Gasteiger partial charge in [0.1, 0.15) is 0 Å². The predicted octanol–water partition coefficient (Wildman–Crippen LogP) is 2.76. The highest BCUT2D eigenvalue weighted by Gasteiger charge is 2.14. The van der Waals surface area contributed by atoms with Crippen LogP contribution >= 0.6 is 0 Å². The summed E-state index contributed by atoms with van der Waals surface area (Å²) in [6.07, 6.45) is 3.82. The maximum atomic E-state index is 11.0. The maximum Gasteiger partial charge on any atom is 0.272 e. The van der Waals surface area contributed by atoms with Crippen molar-refractivity contribution in [2.24, 2.45) is 0 Å². The number of hydrogen-bond acceptors (Lipinski definition) is 4. The van der Waals surface area contributed by atoms with Crippen LogP contribution < -0.4 is 5.32 Å². The van der Waals surface area contributed by atoms with Crippen LogP contribution in [-0.2, 0) is 6.54 Å². The van der Waals surface area contributed by atoms with Crippen molar-refractivity contribution in [1.82, 2.24) is 15.1 Å². The van der Waals surface area contributed by atoms with E-state index in [4.69, 9.17) is 0 Å². The van der Waals surface area contributed by atoms with Crippen LogP contribution in [0.1, 0.15) is 29.7 Å². The molecule has 21 heavy (non-hydrogen) atoms. The number of nitro groups is 1. The Labute approximate surface area is 123 Å². The van der Waals surface area contributed by atoms with Crippen LogP contribution in [0, 0.1) is 24.0 Å². The molecule has 6 nitrogen and oxygen atoms in total. The molecule has 0 aliphatic rings. The molecular weight excluding hydrogens is 268 g/mol. The van der Waals surface area contributed by atoms with E-state index in [9.17, 15) is 10.1 Å². The van der Waals surface area contributed by atoms with Crippen molar-refractivity contribution in [3.05, 3.63) is 57.4 Å². The van der Waals surface area contributed by atoms with Gasteiger partial charge >= 0.3 is 0 Å². The summed E-state index contributed by atoms with van der Waals surface area (Å²) >= 11 is 0. The molecule has 1 atom stereocenters. The third kappa shape index (κ3) is 3.88. The van der Waals surface area contributed by atoms with Crippen LogP contribution in [0.5, 0.6) is 0 Å². The van der Waals surface area contributed by atoms with Gasteiger partial charge in [0.2, 0.25) is 0 Å². The lowest BCUT2D eigenvalue weighted by Crippen LogP contribution is -2.23. The molecule has 0 aliphatic carbocycles. The molecule has 0 radical (unpaired) electrons. The fraction of sp³-hybridized carbons (Fsp3) is 0.400. The van der Waals surface area contributed by atoms with E-state index in [1.807, 2.05) is 37.0 Å². The first-order valence-electron chi connectivity index (χ1n) is 6.95. The molecule has 112 valence electrons.